The van der Waals surface area contributed by atoms with Crippen LogP contribution in [0, 0.1) is 5.82 Å². The van der Waals surface area contributed by atoms with Gasteiger partial charge in [-0.2, -0.15) is 0 Å². The number of aliphatic hydroxyl groups excluding tert-OH is 2. The highest BCUT2D eigenvalue weighted by atomic mass is 19.1. The maximum atomic E-state index is 12.9. The van der Waals surface area contributed by atoms with Gasteiger partial charge in [0.05, 0.1) is 6.61 Å². The molecule has 1 rings (SSSR count). The van der Waals surface area contributed by atoms with Crippen molar-refractivity contribution >= 4 is 0 Å². The topological polar surface area (TPSA) is 43.7 Å². The quantitative estimate of drug-likeness (QED) is 0.762. The molecule has 0 saturated carbocycles. The third-order valence-electron chi connectivity index (χ3n) is 2.62. The molecule has 90 valence electrons. The molecule has 0 spiro atoms. The molecule has 3 nitrogen and oxygen atoms in total. The van der Waals surface area contributed by atoms with Crippen molar-refractivity contribution in [1.29, 1.82) is 0 Å². The van der Waals surface area contributed by atoms with Crippen LogP contribution >= 0.6 is 0 Å². The highest BCUT2D eigenvalue weighted by Gasteiger charge is 2.13. The van der Waals surface area contributed by atoms with Gasteiger partial charge in [0, 0.05) is 19.2 Å². The van der Waals surface area contributed by atoms with E-state index >= 15 is 0 Å². The van der Waals surface area contributed by atoms with Crippen molar-refractivity contribution in [3.05, 3.63) is 35.6 Å². The Hall–Kier alpha value is -0.970. The van der Waals surface area contributed by atoms with Gasteiger partial charge in [-0.05, 0) is 31.2 Å². The maximum absolute atomic E-state index is 12.9. The Balaban J connectivity index is 2.58. The molecule has 1 aromatic carbocycles. The predicted molar refractivity (Wildman–Crippen MR) is 60.4 cm³/mol. The standard InChI is InChI=1S/C12H18FNO2/c1-14(12(9-16)5-6-15)8-10-3-2-4-11(13)7-10/h2-4,7,12,15-16H,5-6,8-9H2,1H3. The summed E-state index contributed by atoms with van der Waals surface area (Å²) in [4.78, 5) is 1.91. The summed E-state index contributed by atoms with van der Waals surface area (Å²) in [6, 6.07) is 6.30. The minimum Gasteiger partial charge on any atom is -0.396 e. The molecule has 0 bridgehead atoms. The fourth-order valence-corrected chi connectivity index (χ4v) is 1.65. The van der Waals surface area contributed by atoms with E-state index < -0.39 is 0 Å². The number of hydrogen-bond donors (Lipinski definition) is 2. The molecule has 2 N–H and O–H groups in total. The fraction of sp³-hybridized carbons (Fsp3) is 0.500. The van der Waals surface area contributed by atoms with Gasteiger partial charge in [-0.3, -0.25) is 4.90 Å². The first kappa shape index (κ1) is 13.1. The van der Waals surface area contributed by atoms with Gasteiger partial charge in [-0.1, -0.05) is 12.1 Å². The van der Waals surface area contributed by atoms with Crippen molar-refractivity contribution in [3.63, 3.8) is 0 Å². The third-order valence-corrected chi connectivity index (χ3v) is 2.62. The first-order valence-electron chi connectivity index (χ1n) is 5.33. The van der Waals surface area contributed by atoms with E-state index in [1.54, 1.807) is 6.07 Å². The van der Waals surface area contributed by atoms with Gasteiger partial charge in [0.1, 0.15) is 5.82 Å². The molecular weight excluding hydrogens is 209 g/mol. The predicted octanol–water partition coefficient (Wildman–Crippen LogP) is 1.00. The monoisotopic (exact) mass is 227 g/mol. The number of aliphatic hydroxyl groups is 2. The average Bonchev–Trinajstić information content (AvgIpc) is 2.25. The van der Waals surface area contributed by atoms with Crippen LogP contribution in [0.5, 0.6) is 0 Å². The Bertz CT molecular complexity index is 320. The van der Waals surface area contributed by atoms with E-state index in [0.29, 0.717) is 13.0 Å². The minimum absolute atomic E-state index is 0.00756. The van der Waals surface area contributed by atoms with Gasteiger partial charge < -0.3 is 10.2 Å². The molecule has 0 heterocycles. The number of halogens is 1. The molecule has 0 saturated heterocycles. The van der Waals surface area contributed by atoms with Gasteiger partial charge >= 0.3 is 0 Å². The number of nitrogens with zero attached hydrogens (tertiary/aromatic N) is 1. The van der Waals surface area contributed by atoms with Crippen LogP contribution in [-0.4, -0.2) is 41.4 Å². The summed E-state index contributed by atoms with van der Waals surface area (Å²) in [7, 11) is 1.85. The van der Waals surface area contributed by atoms with Crippen LogP contribution in [0.2, 0.25) is 0 Å². The van der Waals surface area contributed by atoms with E-state index in [1.165, 1.54) is 12.1 Å². The lowest BCUT2D eigenvalue weighted by atomic mass is 10.1. The first-order chi connectivity index (χ1) is 7.67. The van der Waals surface area contributed by atoms with Crippen LogP contribution in [0.3, 0.4) is 0 Å². The first-order valence-corrected chi connectivity index (χ1v) is 5.33. The van der Waals surface area contributed by atoms with Crippen LogP contribution in [0.25, 0.3) is 0 Å². The summed E-state index contributed by atoms with van der Waals surface area (Å²) in [5.41, 5.74) is 0.860. The summed E-state index contributed by atoms with van der Waals surface area (Å²) in [5.74, 6) is -0.256. The van der Waals surface area contributed by atoms with Crippen LogP contribution in [0.1, 0.15) is 12.0 Å². The van der Waals surface area contributed by atoms with E-state index in [1.807, 2.05) is 18.0 Å². The molecular formula is C12H18FNO2. The molecule has 0 aliphatic rings. The van der Waals surface area contributed by atoms with E-state index in [4.69, 9.17) is 10.2 Å². The second kappa shape index (κ2) is 6.58. The molecule has 0 aromatic heterocycles. The maximum Gasteiger partial charge on any atom is 0.123 e. The van der Waals surface area contributed by atoms with Gasteiger partial charge in [0.25, 0.3) is 0 Å². The summed E-state index contributed by atoms with van der Waals surface area (Å²) in [5, 5.41) is 18.0. The molecule has 1 unspecified atom stereocenters. The lowest BCUT2D eigenvalue weighted by molar-refractivity contribution is 0.115. The normalized spacial score (nSPS) is 13.1. The van der Waals surface area contributed by atoms with E-state index in [2.05, 4.69) is 0 Å². The number of likely N-dealkylation sites (N-methyl/N-ethyl adjacent to an activating group) is 1. The van der Waals surface area contributed by atoms with Gasteiger partial charge in [0.2, 0.25) is 0 Å². The molecule has 0 fully saturated rings. The van der Waals surface area contributed by atoms with Crippen LogP contribution < -0.4 is 0 Å². The lowest BCUT2D eigenvalue weighted by Crippen LogP contribution is -2.35. The van der Waals surface area contributed by atoms with E-state index in [9.17, 15) is 4.39 Å². The Kier molecular flexibility index (Phi) is 5.38. The van der Waals surface area contributed by atoms with Crippen molar-refractivity contribution < 1.29 is 14.6 Å². The SMILES string of the molecule is CN(Cc1cccc(F)c1)C(CO)CCO. The van der Waals surface area contributed by atoms with Crippen LogP contribution in [0.4, 0.5) is 4.39 Å². The molecule has 1 atom stereocenters. The van der Waals surface area contributed by atoms with Gasteiger partial charge in [0.15, 0.2) is 0 Å². The fourth-order valence-electron chi connectivity index (χ4n) is 1.65. The van der Waals surface area contributed by atoms with Crippen molar-refractivity contribution in [3.8, 4) is 0 Å². The average molecular weight is 227 g/mol. The zero-order valence-electron chi connectivity index (χ0n) is 9.43. The molecule has 4 heteroatoms. The molecule has 16 heavy (non-hydrogen) atoms. The Morgan fingerprint density at radius 3 is 2.69 bits per heavy atom. The van der Waals surface area contributed by atoms with Gasteiger partial charge in [-0.15, -0.1) is 0 Å². The van der Waals surface area contributed by atoms with E-state index in [0.717, 1.165) is 5.56 Å². The van der Waals surface area contributed by atoms with Crippen molar-refractivity contribution in [2.75, 3.05) is 20.3 Å². The number of benzene rings is 1. The van der Waals surface area contributed by atoms with Crippen LogP contribution in [0.15, 0.2) is 24.3 Å². The Labute approximate surface area is 95.1 Å². The highest BCUT2D eigenvalue weighted by molar-refractivity contribution is 5.16. The summed E-state index contributed by atoms with van der Waals surface area (Å²) in [6.45, 7) is 0.591. The Morgan fingerprint density at radius 1 is 1.38 bits per heavy atom. The molecule has 0 aliphatic heterocycles. The molecule has 0 amide bonds. The second-order valence-corrected chi connectivity index (χ2v) is 3.89. The highest BCUT2D eigenvalue weighted by Crippen LogP contribution is 2.09. The summed E-state index contributed by atoms with van der Waals surface area (Å²) in [6.07, 6.45) is 0.516. The third kappa shape index (κ3) is 3.89. The number of rotatable bonds is 6. The molecule has 0 aliphatic carbocycles. The molecule has 0 radical (unpaired) electrons. The zero-order chi connectivity index (χ0) is 12.0. The van der Waals surface area contributed by atoms with Gasteiger partial charge in [-0.25, -0.2) is 4.39 Å². The summed E-state index contributed by atoms with van der Waals surface area (Å²) < 4.78 is 12.9. The van der Waals surface area contributed by atoms with Crippen molar-refractivity contribution in [1.82, 2.24) is 4.90 Å². The lowest BCUT2D eigenvalue weighted by Gasteiger charge is -2.25. The smallest absolute Gasteiger partial charge is 0.123 e. The molecule has 1 aromatic rings. The Morgan fingerprint density at radius 2 is 2.12 bits per heavy atom. The van der Waals surface area contributed by atoms with Crippen molar-refractivity contribution in [2.45, 2.75) is 19.0 Å². The minimum atomic E-state index is -0.256. The summed E-state index contributed by atoms with van der Waals surface area (Å²) >= 11 is 0. The largest absolute Gasteiger partial charge is 0.396 e. The van der Waals surface area contributed by atoms with E-state index in [-0.39, 0.29) is 25.1 Å². The van der Waals surface area contributed by atoms with Crippen molar-refractivity contribution in [2.24, 2.45) is 0 Å². The number of hydrogen-bond acceptors (Lipinski definition) is 3. The zero-order valence-corrected chi connectivity index (χ0v) is 9.43. The van der Waals surface area contributed by atoms with Crippen LogP contribution in [-0.2, 0) is 6.54 Å². The second-order valence-electron chi connectivity index (χ2n) is 3.89.